The fraction of sp³-hybridized carbons (Fsp3) is 0.188. The third-order valence-electron chi connectivity index (χ3n) is 2.74. The average molecular weight is 271 g/mol. The Morgan fingerprint density at radius 3 is 2.47 bits per heavy atom. The molecule has 19 heavy (non-hydrogen) atoms. The Balaban J connectivity index is 2.18. The minimum absolute atomic E-state index is 0.0552. The van der Waals surface area contributed by atoms with Crippen molar-refractivity contribution in [1.29, 1.82) is 0 Å². The van der Waals surface area contributed by atoms with Crippen LogP contribution in [0.15, 0.2) is 53.4 Å². The Morgan fingerprint density at radius 1 is 1.11 bits per heavy atom. The summed E-state index contributed by atoms with van der Waals surface area (Å²) in [5.41, 5.74) is 2.74. The van der Waals surface area contributed by atoms with E-state index in [2.05, 4.69) is 12.2 Å². The van der Waals surface area contributed by atoms with Crippen molar-refractivity contribution in [2.24, 2.45) is 0 Å². The topological polar surface area (TPSA) is 29.1 Å². The number of anilines is 1. The van der Waals surface area contributed by atoms with Gasteiger partial charge in [-0.2, -0.15) is 0 Å². The highest BCUT2D eigenvalue weighted by atomic mass is 32.2. The van der Waals surface area contributed by atoms with Crippen molar-refractivity contribution in [2.45, 2.75) is 18.7 Å². The van der Waals surface area contributed by atoms with Gasteiger partial charge in [-0.15, -0.1) is 11.8 Å². The Morgan fingerprint density at radius 2 is 1.79 bits per heavy atom. The number of hydrogen-bond donors (Lipinski definition) is 1. The fourth-order valence-electron chi connectivity index (χ4n) is 1.77. The smallest absolute Gasteiger partial charge is 0.256 e. The van der Waals surface area contributed by atoms with Gasteiger partial charge in [0.05, 0.1) is 5.56 Å². The predicted octanol–water partition coefficient (Wildman–Crippen LogP) is 4.36. The summed E-state index contributed by atoms with van der Waals surface area (Å²) in [6, 6.07) is 15.5. The molecule has 98 valence electrons. The van der Waals surface area contributed by atoms with E-state index in [1.807, 2.05) is 55.5 Å². The Hall–Kier alpha value is -1.74. The fourth-order valence-corrected chi connectivity index (χ4v) is 2.57. The van der Waals surface area contributed by atoms with Crippen LogP contribution in [0.1, 0.15) is 22.8 Å². The summed E-state index contributed by atoms with van der Waals surface area (Å²) in [4.78, 5) is 13.3. The van der Waals surface area contributed by atoms with Crippen molar-refractivity contribution in [1.82, 2.24) is 0 Å². The lowest BCUT2D eigenvalue weighted by Gasteiger charge is -2.09. The first-order valence-corrected chi connectivity index (χ1v) is 7.29. The Bertz CT molecular complexity index is 563. The monoisotopic (exact) mass is 271 g/mol. The quantitative estimate of drug-likeness (QED) is 0.837. The van der Waals surface area contributed by atoms with Crippen molar-refractivity contribution in [3.8, 4) is 0 Å². The Labute approximate surface area is 118 Å². The molecule has 2 aromatic carbocycles. The maximum absolute atomic E-state index is 12.3. The third kappa shape index (κ3) is 3.61. The SMILES string of the molecule is CCSc1ccccc1C(=O)Nc1ccc(C)cc1. The van der Waals surface area contributed by atoms with Crippen molar-refractivity contribution < 1.29 is 4.79 Å². The van der Waals surface area contributed by atoms with Crippen LogP contribution in [-0.2, 0) is 0 Å². The van der Waals surface area contributed by atoms with E-state index in [1.54, 1.807) is 11.8 Å². The number of aryl methyl sites for hydroxylation is 1. The summed E-state index contributed by atoms with van der Waals surface area (Å²) in [5.74, 6) is 0.898. The maximum atomic E-state index is 12.3. The van der Waals surface area contributed by atoms with E-state index in [0.29, 0.717) is 0 Å². The molecule has 3 heteroatoms. The number of carbonyl (C=O) groups excluding carboxylic acids is 1. The van der Waals surface area contributed by atoms with Gasteiger partial charge in [0, 0.05) is 10.6 Å². The van der Waals surface area contributed by atoms with Crippen molar-refractivity contribution >= 4 is 23.4 Å². The van der Waals surface area contributed by atoms with E-state index in [9.17, 15) is 4.79 Å². The molecule has 0 saturated carbocycles. The van der Waals surface area contributed by atoms with Gasteiger partial charge in [0.1, 0.15) is 0 Å². The first-order valence-electron chi connectivity index (χ1n) is 6.30. The van der Waals surface area contributed by atoms with Gasteiger partial charge in [-0.25, -0.2) is 0 Å². The summed E-state index contributed by atoms with van der Waals surface area (Å²) < 4.78 is 0. The molecule has 0 aliphatic rings. The summed E-state index contributed by atoms with van der Waals surface area (Å²) in [6.45, 7) is 4.11. The van der Waals surface area contributed by atoms with Gasteiger partial charge in [0.25, 0.3) is 5.91 Å². The second-order valence-electron chi connectivity index (χ2n) is 4.25. The molecule has 2 aromatic rings. The van der Waals surface area contributed by atoms with Gasteiger partial charge in [0.15, 0.2) is 0 Å². The number of hydrogen-bond acceptors (Lipinski definition) is 2. The van der Waals surface area contributed by atoms with Crippen LogP contribution >= 0.6 is 11.8 Å². The molecule has 0 heterocycles. The molecule has 0 fully saturated rings. The average Bonchev–Trinajstić information content (AvgIpc) is 2.42. The normalized spacial score (nSPS) is 10.2. The van der Waals surface area contributed by atoms with Crippen molar-refractivity contribution in [3.63, 3.8) is 0 Å². The van der Waals surface area contributed by atoms with Crippen LogP contribution in [0.2, 0.25) is 0 Å². The van der Waals surface area contributed by atoms with E-state index in [4.69, 9.17) is 0 Å². The summed E-state index contributed by atoms with van der Waals surface area (Å²) >= 11 is 1.68. The van der Waals surface area contributed by atoms with Crippen LogP contribution in [0.5, 0.6) is 0 Å². The zero-order valence-corrected chi connectivity index (χ0v) is 12.0. The zero-order chi connectivity index (χ0) is 13.7. The molecule has 2 rings (SSSR count). The van der Waals surface area contributed by atoms with Gasteiger partial charge < -0.3 is 5.32 Å². The van der Waals surface area contributed by atoms with Crippen LogP contribution in [0.3, 0.4) is 0 Å². The van der Waals surface area contributed by atoms with Gasteiger partial charge in [-0.1, -0.05) is 36.8 Å². The standard InChI is InChI=1S/C16H17NOS/c1-3-19-15-7-5-4-6-14(15)16(18)17-13-10-8-12(2)9-11-13/h4-11H,3H2,1-2H3,(H,17,18). The van der Waals surface area contributed by atoms with Crippen molar-refractivity contribution in [2.75, 3.05) is 11.1 Å². The Kier molecular flexibility index (Phi) is 4.63. The lowest BCUT2D eigenvalue weighted by atomic mass is 10.2. The summed E-state index contributed by atoms with van der Waals surface area (Å²) in [5, 5.41) is 2.93. The number of nitrogens with one attached hydrogen (secondary N) is 1. The van der Waals surface area contributed by atoms with E-state index in [-0.39, 0.29) is 5.91 Å². The molecular weight excluding hydrogens is 254 g/mol. The lowest BCUT2D eigenvalue weighted by Crippen LogP contribution is -2.12. The molecule has 1 amide bonds. The van der Waals surface area contributed by atoms with E-state index in [1.165, 1.54) is 5.56 Å². The lowest BCUT2D eigenvalue weighted by molar-refractivity contribution is 0.102. The molecule has 0 aliphatic heterocycles. The minimum Gasteiger partial charge on any atom is -0.322 e. The largest absolute Gasteiger partial charge is 0.322 e. The number of thioether (sulfide) groups is 1. The van der Waals surface area contributed by atoms with Gasteiger partial charge in [-0.05, 0) is 36.9 Å². The van der Waals surface area contributed by atoms with Crippen molar-refractivity contribution in [3.05, 3.63) is 59.7 Å². The molecule has 0 unspecified atom stereocenters. The molecule has 0 spiro atoms. The molecule has 0 aliphatic carbocycles. The first kappa shape index (κ1) is 13.7. The second-order valence-corrected chi connectivity index (χ2v) is 5.56. The van der Waals surface area contributed by atoms with Crippen LogP contribution in [0, 0.1) is 6.92 Å². The highest BCUT2D eigenvalue weighted by Gasteiger charge is 2.10. The molecule has 0 bridgehead atoms. The first-order chi connectivity index (χ1) is 9.20. The van der Waals surface area contributed by atoms with Crippen LogP contribution < -0.4 is 5.32 Å². The molecule has 2 nitrogen and oxygen atoms in total. The van der Waals surface area contributed by atoms with E-state index < -0.39 is 0 Å². The van der Waals surface area contributed by atoms with E-state index in [0.717, 1.165) is 21.9 Å². The predicted molar refractivity (Wildman–Crippen MR) is 82.0 cm³/mol. The zero-order valence-electron chi connectivity index (χ0n) is 11.1. The summed E-state index contributed by atoms with van der Waals surface area (Å²) in [6.07, 6.45) is 0. The van der Waals surface area contributed by atoms with Gasteiger partial charge in [-0.3, -0.25) is 4.79 Å². The maximum Gasteiger partial charge on any atom is 0.256 e. The van der Waals surface area contributed by atoms with Gasteiger partial charge >= 0.3 is 0 Å². The minimum atomic E-state index is -0.0552. The highest BCUT2D eigenvalue weighted by Crippen LogP contribution is 2.23. The molecular formula is C16H17NOS. The van der Waals surface area contributed by atoms with Crippen LogP contribution in [0.25, 0.3) is 0 Å². The second kappa shape index (κ2) is 6.43. The number of rotatable bonds is 4. The van der Waals surface area contributed by atoms with Gasteiger partial charge in [0.2, 0.25) is 0 Å². The number of benzene rings is 2. The molecule has 0 saturated heterocycles. The molecule has 0 aromatic heterocycles. The third-order valence-corrected chi connectivity index (χ3v) is 3.70. The van der Waals surface area contributed by atoms with Crippen LogP contribution in [-0.4, -0.2) is 11.7 Å². The van der Waals surface area contributed by atoms with E-state index >= 15 is 0 Å². The molecule has 0 radical (unpaired) electrons. The number of carbonyl (C=O) groups is 1. The molecule has 1 N–H and O–H groups in total. The molecule has 0 atom stereocenters. The highest BCUT2D eigenvalue weighted by molar-refractivity contribution is 7.99. The van der Waals surface area contributed by atoms with Crippen LogP contribution in [0.4, 0.5) is 5.69 Å². The summed E-state index contributed by atoms with van der Waals surface area (Å²) in [7, 11) is 0. The number of amides is 1.